The Morgan fingerprint density at radius 3 is 2.17 bits per heavy atom. The maximum absolute atomic E-state index is 11.9. The number of carboxylic acid groups (broad SMARTS) is 1. The van der Waals surface area contributed by atoms with Gasteiger partial charge in [0.05, 0.1) is 11.3 Å². The largest absolute Gasteiger partial charge is 0.481 e. The van der Waals surface area contributed by atoms with E-state index in [1.165, 1.54) is 0 Å². The zero-order chi connectivity index (χ0) is 14.0. The van der Waals surface area contributed by atoms with Crippen LogP contribution < -0.4 is 5.73 Å². The molecule has 18 heavy (non-hydrogen) atoms. The Morgan fingerprint density at radius 1 is 1.33 bits per heavy atom. The van der Waals surface area contributed by atoms with Gasteiger partial charge in [0.1, 0.15) is 5.60 Å². The molecule has 0 aromatic rings. The highest BCUT2D eigenvalue weighted by molar-refractivity contribution is 5.77. The Morgan fingerprint density at radius 2 is 1.83 bits per heavy atom. The van der Waals surface area contributed by atoms with Crippen LogP contribution >= 0.6 is 0 Å². The number of aliphatic carboxylic acids is 1. The van der Waals surface area contributed by atoms with Crippen molar-refractivity contribution in [2.75, 3.05) is 6.54 Å². The molecule has 0 atom stereocenters. The van der Waals surface area contributed by atoms with E-state index < -0.39 is 17.0 Å². The normalized spacial score (nSPS) is 28.8. The van der Waals surface area contributed by atoms with Crippen molar-refractivity contribution >= 4 is 11.9 Å². The van der Waals surface area contributed by atoms with Crippen LogP contribution in [0.15, 0.2) is 0 Å². The monoisotopic (exact) mass is 257 g/mol. The van der Waals surface area contributed by atoms with E-state index in [-0.39, 0.29) is 18.4 Å². The molecule has 0 amide bonds. The smallest absolute Gasteiger partial charge is 0.310 e. The van der Waals surface area contributed by atoms with Gasteiger partial charge in [0, 0.05) is 6.54 Å². The fourth-order valence-electron chi connectivity index (χ4n) is 2.30. The number of carboxylic acids is 1. The molecule has 1 rings (SSSR count). The van der Waals surface area contributed by atoms with E-state index in [4.69, 9.17) is 10.5 Å². The van der Waals surface area contributed by atoms with Crippen LogP contribution in [0.4, 0.5) is 0 Å². The molecule has 0 radical (unpaired) electrons. The Hall–Kier alpha value is -1.10. The van der Waals surface area contributed by atoms with Crippen LogP contribution in [0.25, 0.3) is 0 Å². The van der Waals surface area contributed by atoms with E-state index in [0.29, 0.717) is 25.7 Å². The van der Waals surface area contributed by atoms with Crippen LogP contribution in [0.2, 0.25) is 0 Å². The van der Waals surface area contributed by atoms with E-state index in [2.05, 4.69) is 0 Å². The number of carbonyl (C=O) groups is 2. The molecule has 5 heteroatoms. The summed E-state index contributed by atoms with van der Waals surface area (Å²) < 4.78 is 5.32. The van der Waals surface area contributed by atoms with Gasteiger partial charge in [-0.3, -0.25) is 9.59 Å². The standard InChI is InChI=1S/C13H23NO4/c1-12(2,3)18-10(15)9-4-6-13(8-14,7-5-9)11(16)17/h9H,4-8,14H2,1-3H3,(H,16,17). The van der Waals surface area contributed by atoms with Crippen molar-refractivity contribution in [3.63, 3.8) is 0 Å². The van der Waals surface area contributed by atoms with E-state index in [0.717, 1.165) is 0 Å². The predicted molar refractivity (Wildman–Crippen MR) is 66.9 cm³/mol. The maximum atomic E-state index is 11.9. The minimum atomic E-state index is -0.854. The van der Waals surface area contributed by atoms with Crippen LogP contribution in [0, 0.1) is 11.3 Å². The van der Waals surface area contributed by atoms with Gasteiger partial charge in [0.2, 0.25) is 0 Å². The van der Waals surface area contributed by atoms with Gasteiger partial charge >= 0.3 is 11.9 Å². The lowest BCUT2D eigenvalue weighted by Gasteiger charge is -2.35. The summed E-state index contributed by atoms with van der Waals surface area (Å²) in [7, 11) is 0. The van der Waals surface area contributed by atoms with Crippen LogP contribution in [0.1, 0.15) is 46.5 Å². The molecule has 5 nitrogen and oxygen atoms in total. The van der Waals surface area contributed by atoms with Gasteiger partial charge < -0.3 is 15.6 Å². The second kappa shape index (κ2) is 5.26. The number of rotatable bonds is 3. The van der Waals surface area contributed by atoms with E-state index in [1.54, 1.807) is 0 Å². The summed E-state index contributed by atoms with van der Waals surface area (Å²) in [4.78, 5) is 23.1. The van der Waals surface area contributed by atoms with E-state index >= 15 is 0 Å². The van der Waals surface area contributed by atoms with Crippen LogP contribution in [-0.4, -0.2) is 29.2 Å². The molecule has 3 N–H and O–H groups in total. The lowest BCUT2D eigenvalue weighted by Crippen LogP contribution is -2.43. The second-order valence-electron chi connectivity index (χ2n) is 6.10. The zero-order valence-corrected chi connectivity index (χ0v) is 11.4. The summed E-state index contributed by atoms with van der Waals surface area (Å²) in [5.74, 6) is -1.27. The molecule has 0 saturated heterocycles. The summed E-state index contributed by atoms with van der Waals surface area (Å²) >= 11 is 0. The molecule has 0 spiro atoms. The van der Waals surface area contributed by atoms with E-state index in [1.807, 2.05) is 20.8 Å². The van der Waals surface area contributed by atoms with Gasteiger partial charge in [0.15, 0.2) is 0 Å². The Kier molecular flexibility index (Phi) is 4.37. The highest BCUT2D eigenvalue weighted by Gasteiger charge is 2.43. The molecule has 0 aliphatic heterocycles. The first kappa shape index (κ1) is 15.0. The molecular formula is C13H23NO4. The average Bonchev–Trinajstić information content (AvgIpc) is 2.26. The van der Waals surface area contributed by atoms with Crippen LogP contribution in [0.5, 0.6) is 0 Å². The highest BCUT2D eigenvalue weighted by atomic mass is 16.6. The molecule has 0 unspecified atom stereocenters. The van der Waals surface area contributed by atoms with Crippen molar-refractivity contribution in [1.29, 1.82) is 0 Å². The van der Waals surface area contributed by atoms with Gasteiger partial charge in [-0.2, -0.15) is 0 Å². The summed E-state index contributed by atoms with van der Waals surface area (Å²) in [5.41, 5.74) is 4.22. The molecular weight excluding hydrogens is 234 g/mol. The number of hydrogen-bond donors (Lipinski definition) is 2. The third kappa shape index (κ3) is 3.45. The molecule has 104 valence electrons. The first-order chi connectivity index (χ1) is 8.20. The lowest BCUT2D eigenvalue weighted by atomic mass is 9.70. The van der Waals surface area contributed by atoms with E-state index in [9.17, 15) is 14.7 Å². The molecule has 0 aromatic heterocycles. The third-order valence-electron chi connectivity index (χ3n) is 3.53. The van der Waals surface area contributed by atoms with Crippen molar-refractivity contribution in [2.45, 2.75) is 52.1 Å². The summed E-state index contributed by atoms with van der Waals surface area (Å²) in [6, 6.07) is 0. The summed E-state index contributed by atoms with van der Waals surface area (Å²) in [6.45, 7) is 5.61. The molecule has 1 aliphatic rings. The first-order valence-corrected chi connectivity index (χ1v) is 6.36. The van der Waals surface area contributed by atoms with Crippen LogP contribution in [0.3, 0.4) is 0 Å². The number of esters is 1. The van der Waals surface area contributed by atoms with Crippen LogP contribution in [-0.2, 0) is 14.3 Å². The van der Waals surface area contributed by atoms with Gasteiger partial charge in [-0.15, -0.1) is 0 Å². The molecule has 1 saturated carbocycles. The van der Waals surface area contributed by atoms with Gasteiger partial charge in [0.25, 0.3) is 0 Å². The van der Waals surface area contributed by atoms with Crippen molar-refractivity contribution in [1.82, 2.24) is 0 Å². The van der Waals surface area contributed by atoms with Gasteiger partial charge in [-0.25, -0.2) is 0 Å². The third-order valence-corrected chi connectivity index (χ3v) is 3.53. The van der Waals surface area contributed by atoms with Gasteiger partial charge in [-0.05, 0) is 46.5 Å². The highest BCUT2D eigenvalue weighted by Crippen LogP contribution is 2.39. The second-order valence-corrected chi connectivity index (χ2v) is 6.10. The molecule has 1 fully saturated rings. The minimum absolute atomic E-state index is 0.128. The minimum Gasteiger partial charge on any atom is -0.481 e. The Balaban J connectivity index is 2.58. The number of ether oxygens (including phenoxy) is 1. The van der Waals surface area contributed by atoms with Crippen molar-refractivity contribution in [3.05, 3.63) is 0 Å². The quantitative estimate of drug-likeness (QED) is 0.749. The van der Waals surface area contributed by atoms with Crippen molar-refractivity contribution in [3.8, 4) is 0 Å². The summed E-state index contributed by atoms with van der Waals surface area (Å²) in [5, 5.41) is 9.20. The SMILES string of the molecule is CC(C)(C)OC(=O)C1CCC(CN)(C(=O)O)CC1. The van der Waals surface area contributed by atoms with Crippen molar-refractivity contribution < 1.29 is 19.4 Å². The molecule has 0 heterocycles. The molecule has 1 aliphatic carbocycles. The Labute approximate surface area is 108 Å². The van der Waals surface area contributed by atoms with Gasteiger partial charge in [-0.1, -0.05) is 0 Å². The lowest BCUT2D eigenvalue weighted by molar-refractivity contribution is -0.165. The zero-order valence-electron chi connectivity index (χ0n) is 11.4. The predicted octanol–water partition coefficient (Wildman–Crippen LogP) is 1.55. The fourth-order valence-corrected chi connectivity index (χ4v) is 2.30. The molecule has 0 bridgehead atoms. The van der Waals surface area contributed by atoms with Crippen molar-refractivity contribution in [2.24, 2.45) is 17.1 Å². The number of hydrogen-bond acceptors (Lipinski definition) is 4. The number of nitrogens with two attached hydrogens (primary N) is 1. The Bertz CT molecular complexity index is 324. The summed E-state index contributed by atoms with van der Waals surface area (Å²) in [6.07, 6.45) is 1.97. The topological polar surface area (TPSA) is 89.6 Å². The fraction of sp³-hybridized carbons (Fsp3) is 0.846. The molecule has 0 aromatic carbocycles. The average molecular weight is 257 g/mol. The maximum Gasteiger partial charge on any atom is 0.310 e. The number of carbonyl (C=O) groups excluding carboxylic acids is 1. The first-order valence-electron chi connectivity index (χ1n) is 6.36.